The lowest BCUT2D eigenvalue weighted by Gasteiger charge is -2.30. The van der Waals surface area contributed by atoms with Gasteiger partial charge in [0.05, 0.1) is 0 Å². The van der Waals surface area contributed by atoms with Gasteiger partial charge in [-0.25, -0.2) is 4.79 Å². The van der Waals surface area contributed by atoms with Crippen molar-refractivity contribution in [3.05, 3.63) is 23.8 Å². The van der Waals surface area contributed by atoms with Gasteiger partial charge in [0.15, 0.2) is 6.10 Å². The van der Waals surface area contributed by atoms with Crippen LogP contribution in [-0.4, -0.2) is 37.4 Å². The van der Waals surface area contributed by atoms with E-state index in [1.807, 2.05) is 18.2 Å². The lowest BCUT2D eigenvalue weighted by Crippen LogP contribution is -2.42. The third-order valence-electron chi connectivity index (χ3n) is 4.93. The summed E-state index contributed by atoms with van der Waals surface area (Å²) in [5.74, 6) is 1.06. The maximum Gasteiger partial charge on any atom is 0.340 e. The van der Waals surface area contributed by atoms with E-state index in [1.165, 1.54) is 20.0 Å². The topological polar surface area (TPSA) is 56.8 Å². The van der Waals surface area contributed by atoms with Gasteiger partial charge in [-0.3, -0.25) is 0 Å². The molecule has 3 aliphatic rings. The number of carbonyl (C=O) groups excluding carboxylic acids is 1. The SMILES string of the molecule is COC1Cc2ccc(OC3CC4CCC(C3)N4)cc2OC1=O.Cl. The summed E-state index contributed by atoms with van der Waals surface area (Å²) in [5.41, 5.74) is 0.990. The third kappa shape index (κ3) is 3.32. The zero-order chi connectivity index (χ0) is 15.1. The second-order valence-electron chi connectivity index (χ2n) is 6.47. The monoisotopic (exact) mass is 339 g/mol. The third-order valence-corrected chi connectivity index (χ3v) is 4.93. The highest BCUT2D eigenvalue weighted by atomic mass is 35.5. The summed E-state index contributed by atoms with van der Waals surface area (Å²) in [6.07, 6.45) is 4.93. The van der Waals surface area contributed by atoms with Crippen molar-refractivity contribution in [3.63, 3.8) is 0 Å². The smallest absolute Gasteiger partial charge is 0.340 e. The number of hydrogen-bond donors (Lipinski definition) is 1. The van der Waals surface area contributed by atoms with E-state index in [0.29, 0.717) is 24.3 Å². The summed E-state index contributed by atoms with van der Waals surface area (Å²) in [6.45, 7) is 0. The van der Waals surface area contributed by atoms with Gasteiger partial charge in [0.1, 0.15) is 17.6 Å². The van der Waals surface area contributed by atoms with E-state index in [0.717, 1.165) is 24.2 Å². The largest absolute Gasteiger partial charge is 0.490 e. The molecular formula is C17H22ClNO4. The van der Waals surface area contributed by atoms with Gasteiger partial charge in [0.2, 0.25) is 0 Å². The molecule has 6 heteroatoms. The fourth-order valence-corrected chi connectivity index (χ4v) is 3.80. The number of rotatable bonds is 3. The van der Waals surface area contributed by atoms with Crippen LogP contribution in [0.1, 0.15) is 31.2 Å². The summed E-state index contributed by atoms with van der Waals surface area (Å²) in [4.78, 5) is 11.8. The number of esters is 1. The zero-order valence-corrected chi connectivity index (χ0v) is 13.9. The van der Waals surface area contributed by atoms with Gasteiger partial charge in [0.25, 0.3) is 0 Å². The summed E-state index contributed by atoms with van der Waals surface area (Å²) >= 11 is 0. The molecule has 0 radical (unpaired) electrons. The summed E-state index contributed by atoms with van der Waals surface area (Å²) < 4.78 is 16.6. The van der Waals surface area contributed by atoms with Crippen LogP contribution < -0.4 is 14.8 Å². The fraction of sp³-hybridized carbons (Fsp3) is 0.588. The number of nitrogens with one attached hydrogen (secondary N) is 1. The Morgan fingerprint density at radius 2 is 1.96 bits per heavy atom. The summed E-state index contributed by atoms with van der Waals surface area (Å²) in [7, 11) is 1.53. The van der Waals surface area contributed by atoms with Crippen LogP contribution in [0.15, 0.2) is 18.2 Å². The molecule has 2 fully saturated rings. The minimum absolute atomic E-state index is 0. The number of ether oxygens (including phenoxy) is 3. The van der Waals surface area contributed by atoms with Crippen LogP contribution >= 0.6 is 12.4 Å². The van der Waals surface area contributed by atoms with E-state index in [1.54, 1.807) is 0 Å². The van der Waals surface area contributed by atoms with Gasteiger partial charge >= 0.3 is 5.97 Å². The normalized spacial score (nSPS) is 31.8. The number of methoxy groups -OCH3 is 1. The maximum atomic E-state index is 11.8. The van der Waals surface area contributed by atoms with Crippen LogP contribution in [-0.2, 0) is 16.0 Å². The van der Waals surface area contributed by atoms with E-state index < -0.39 is 6.10 Å². The van der Waals surface area contributed by atoms with Crippen LogP contribution in [0, 0.1) is 0 Å². The predicted molar refractivity (Wildman–Crippen MR) is 87.4 cm³/mol. The number of benzene rings is 1. The standard InChI is InChI=1S/C17H21NO4.ClH/c1-20-16-6-10-2-5-13(9-15(10)22-17(16)19)21-14-7-11-3-4-12(8-14)18-11;/h2,5,9,11-12,14,16,18H,3-4,6-8H2,1H3;1H. The van der Waals surface area contributed by atoms with Crippen LogP contribution in [0.3, 0.4) is 0 Å². The molecule has 1 N–H and O–H groups in total. The number of halogens is 1. The Morgan fingerprint density at radius 3 is 2.65 bits per heavy atom. The first-order valence-corrected chi connectivity index (χ1v) is 8.01. The molecule has 1 aromatic carbocycles. The average molecular weight is 340 g/mol. The van der Waals surface area contributed by atoms with Gasteiger partial charge in [-0.15, -0.1) is 12.4 Å². The van der Waals surface area contributed by atoms with Crippen molar-refractivity contribution < 1.29 is 19.0 Å². The van der Waals surface area contributed by atoms with Crippen LogP contribution in [0.25, 0.3) is 0 Å². The first-order valence-electron chi connectivity index (χ1n) is 8.01. The molecule has 2 saturated heterocycles. The molecule has 4 rings (SSSR count). The Morgan fingerprint density at radius 1 is 1.22 bits per heavy atom. The second-order valence-corrected chi connectivity index (χ2v) is 6.47. The quantitative estimate of drug-likeness (QED) is 0.676. The van der Waals surface area contributed by atoms with Gasteiger partial charge in [-0.1, -0.05) is 6.07 Å². The van der Waals surface area contributed by atoms with E-state index in [-0.39, 0.29) is 24.5 Å². The van der Waals surface area contributed by atoms with E-state index >= 15 is 0 Å². The summed E-state index contributed by atoms with van der Waals surface area (Å²) in [6, 6.07) is 6.97. The molecule has 3 aliphatic heterocycles. The molecule has 5 nitrogen and oxygen atoms in total. The molecule has 1 aromatic rings. The number of hydrogen-bond acceptors (Lipinski definition) is 5. The van der Waals surface area contributed by atoms with Crippen LogP contribution in [0.4, 0.5) is 0 Å². The highest BCUT2D eigenvalue weighted by molar-refractivity contribution is 5.85. The van der Waals surface area contributed by atoms with Crippen LogP contribution in [0.2, 0.25) is 0 Å². The highest BCUT2D eigenvalue weighted by Gasteiger charge is 2.35. The lowest BCUT2D eigenvalue weighted by atomic mass is 10.0. The van der Waals surface area contributed by atoms with E-state index in [9.17, 15) is 4.79 Å². The molecule has 3 atom stereocenters. The zero-order valence-electron chi connectivity index (χ0n) is 13.1. The van der Waals surface area contributed by atoms with Gasteiger partial charge in [-0.2, -0.15) is 0 Å². The number of carbonyl (C=O) groups is 1. The van der Waals surface area contributed by atoms with E-state index in [4.69, 9.17) is 14.2 Å². The Balaban J connectivity index is 0.00000156. The Labute approximate surface area is 142 Å². The Hall–Kier alpha value is -1.30. The predicted octanol–water partition coefficient (Wildman–Crippen LogP) is 2.25. The molecule has 23 heavy (non-hydrogen) atoms. The molecule has 0 aromatic heterocycles. The molecule has 3 unspecified atom stereocenters. The number of piperidine rings is 1. The van der Waals surface area contributed by atoms with Crippen molar-refractivity contribution in [2.75, 3.05) is 7.11 Å². The first-order chi connectivity index (χ1) is 10.7. The molecular weight excluding hydrogens is 318 g/mol. The Kier molecular flexibility index (Phi) is 4.80. The molecule has 0 aliphatic carbocycles. The molecule has 0 amide bonds. The van der Waals surface area contributed by atoms with Gasteiger partial charge < -0.3 is 19.5 Å². The first kappa shape index (κ1) is 16.6. The lowest BCUT2D eigenvalue weighted by molar-refractivity contribution is -0.147. The van der Waals surface area contributed by atoms with Crippen LogP contribution in [0.5, 0.6) is 11.5 Å². The average Bonchev–Trinajstić information content (AvgIpc) is 2.85. The second kappa shape index (κ2) is 6.67. The van der Waals surface area contributed by atoms with Crippen molar-refractivity contribution in [2.45, 2.75) is 56.4 Å². The minimum Gasteiger partial charge on any atom is -0.490 e. The summed E-state index contributed by atoms with van der Waals surface area (Å²) in [5, 5.41) is 3.61. The van der Waals surface area contributed by atoms with Gasteiger partial charge in [-0.05, 0) is 37.3 Å². The minimum atomic E-state index is -0.501. The fourth-order valence-electron chi connectivity index (χ4n) is 3.80. The van der Waals surface area contributed by atoms with E-state index in [2.05, 4.69) is 5.32 Å². The van der Waals surface area contributed by atoms with Crippen molar-refractivity contribution >= 4 is 18.4 Å². The van der Waals surface area contributed by atoms with Crippen molar-refractivity contribution in [3.8, 4) is 11.5 Å². The molecule has 0 spiro atoms. The maximum absolute atomic E-state index is 11.8. The highest BCUT2D eigenvalue weighted by Crippen LogP contribution is 2.33. The molecule has 126 valence electrons. The Bertz CT molecular complexity index is 582. The molecule has 2 bridgehead atoms. The molecule has 3 heterocycles. The van der Waals surface area contributed by atoms with Crippen molar-refractivity contribution in [2.24, 2.45) is 0 Å². The molecule has 0 saturated carbocycles. The van der Waals surface area contributed by atoms with Gasteiger partial charge in [0, 0.05) is 31.7 Å². The number of fused-ring (bicyclic) bond motifs is 3. The van der Waals surface area contributed by atoms with Crippen molar-refractivity contribution in [1.29, 1.82) is 0 Å². The van der Waals surface area contributed by atoms with Crippen molar-refractivity contribution in [1.82, 2.24) is 5.32 Å².